The molecule has 2 rings (SSSR count). The van der Waals surface area contributed by atoms with E-state index in [1.165, 1.54) is 0 Å². The van der Waals surface area contributed by atoms with Crippen LogP contribution in [-0.4, -0.2) is 0 Å². The highest BCUT2D eigenvalue weighted by Crippen LogP contribution is 2.28. The van der Waals surface area contributed by atoms with E-state index in [0.717, 1.165) is 22.0 Å². The molecule has 16 heavy (non-hydrogen) atoms. The van der Waals surface area contributed by atoms with Gasteiger partial charge in [-0.25, -0.2) is 0 Å². The van der Waals surface area contributed by atoms with Crippen molar-refractivity contribution >= 4 is 18.3 Å². The average Bonchev–Trinajstić information content (AvgIpc) is 2.27. The summed E-state index contributed by atoms with van der Waals surface area (Å²) in [4.78, 5) is 0.728. The molecule has 2 N–H and O–H groups in total. The van der Waals surface area contributed by atoms with E-state index in [-0.39, 0.29) is 0 Å². The first kappa shape index (κ1) is 10.9. The Morgan fingerprint density at radius 3 is 2.56 bits per heavy atom. The van der Waals surface area contributed by atoms with Gasteiger partial charge < -0.3 is 10.5 Å². The minimum Gasteiger partial charge on any atom is -0.457 e. The first-order valence-corrected chi connectivity index (χ1v) is 5.43. The first-order chi connectivity index (χ1) is 7.66. The van der Waals surface area contributed by atoms with Gasteiger partial charge in [-0.15, -0.1) is 12.6 Å². The van der Waals surface area contributed by atoms with Crippen LogP contribution in [0.25, 0.3) is 0 Å². The SMILES string of the molecule is Cc1ccccc1Oc1ccc(N)c(S)c1. The summed E-state index contributed by atoms with van der Waals surface area (Å²) in [5.41, 5.74) is 7.43. The first-order valence-electron chi connectivity index (χ1n) is 4.99. The number of hydrogen-bond donors (Lipinski definition) is 2. The average molecular weight is 231 g/mol. The zero-order chi connectivity index (χ0) is 11.5. The van der Waals surface area contributed by atoms with Crippen molar-refractivity contribution in [2.24, 2.45) is 0 Å². The largest absolute Gasteiger partial charge is 0.457 e. The lowest BCUT2D eigenvalue weighted by Crippen LogP contribution is -1.90. The molecule has 0 unspecified atom stereocenters. The molecule has 0 bridgehead atoms. The number of para-hydroxylation sites is 1. The number of benzene rings is 2. The molecule has 0 saturated carbocycles. The molecule has 2 nitrogen and oxygen atoms in total. The Balaban J connectivity index is 2.28. The second-order valence-corrected chi connectivity index (χ2v) is 4.07. The van der Waals surface area contributed by atoms with Gasteiger partial charge in [0.1, 0.15) is 11.5 Å². The van der Waals surface area contributed by atoms with Crippen LogP contribution in [0.15, 0.2) is 47.4 Å². The van der Waals surface area contributed by atoms with Crippen LogP contribution in [0.4, 0.5) is 5.69 Å². The van der Waals surface area contributed by atoms with E-state index in [1.807, 2.05) is 43.3 Å². The molecular weight excluding hydrogens is 218 g/mol. The van der Waals surface area contributed by atoms with Crippen LogP contribution >= 0.6 is 12.6 Å². The van der Waals surface area contributed by atoms with Gasteiger partial charge in [-0.05, 0) is 36.8 Å². The van der Waals surface area contributed by atoms with Gasteiger partial charge in [0.05, 0.1) is 0 Å². The summed E-state index contributed by atoms with van der Waals surface area (Å²) in [5.74, 6) is 1.59. The summed E-state index contributed by atoms with van der Waals surface area (Å²) in [6.07, 6.45) is 0. The molecule has 0 radical (unpaired) electrons. The quantitative estimate of drug-likeness (QED) is 0.611. The predicted octanol–water partition coefficient (Wildman–Crippen LogP) is 3.66. The topological polar surface area (TPSA) is 35.2 Å². The van der Waals surface area contributed by atoms with E-state index in [1.54, 1.807) is 6.07 Å². The Morgan fingerprint density at radius 2 is 1.88 bits per heavy atom. The number of ether oxygens (including phenoxy) is 1. The van der Waals surface area contributed by atoms with E-state index in [4.69, 9.17) is 10.5 Å². The number of nitrogen functional groups attached to an aromatic ring is 1. The smallest absolute Gasteiger partial charge is 0.130 e. The molecule has 2 aromatic rings. The highest BCUT2D eigenvalue weighted by molar-refractivity contribution is 7.80. The lowest BCUT2D eigenvalue weighted by atomic mass is 10.2. The van der Waals surface area contributed by atoms with Gasteiger partial charge in [0.15, 0.2) is 0 Å². The van der Waals surface area contributed by atoms with E-state index in [2.05, 4.69) is 12.6 Å². The Bertz CT molecular complexity index is 511. The number of rotatable bonds is 2. The molecule has 0 spiro atoms. The van der Waals surface area contributed by atoms with Gasteiger partial charge in [0, 0.05) is 10.6 Å². The Hall–Kier alpha value is -1.61. The predicted molar refractivity (Wildman–Crippen MR) is 69.4 cm³/mol. The Kier molecular flexibility index (Phi) is 3.06. The van der Waals surface area contributed by atoms with Crippen molar-refractivity contribution in [3.8, 4) is 11.5 Å². The fraction of sp³-hybridized carbons (Fsp3) is 0.0769. The lowest BCUT2D eigenvalue weighted by Gasteiger charge is -2.09. The van der Waals surface area contributed by atoms with E-state index in [0.29, 0.717) is 5.69 Å². The van der Waals surface area contributed by atoms with E-state index < -0.39 is 0 Å². The van der Waals surface area contributed by atoms with Gasteiger partial charge >= 0.3 is 0 Å². The van der Waals surface area contributed by atoms with Crippen molar-refractivity contribution < 1.29 is 4.74 Å². The molecule has 0 amide bonds. The second kappa shape index (κ2) is 4.49. The van der Waals surface area contributed by atoms with Crippen molar-refractivity contribution in [2.75, 3.05) is 5.73 Å². The van der Waals surface area contributed by atoms with Crippen molar-refractivity contribution in [3.63, 3.8) is 0 Å². The summed E-state index contributed by atoms with van der Waals surface area (Å²) >= 11 is 4.25. The van der Waals surface area contributed by atoms with Crippen LogP contribution < -0.4 is 10.5 Å². The number of hydrogen-bond acceptors (Lipinski definition) is 3. The number of nitrogens with two attached hydrogens (primary N) is 1. The number of thiol groups is 1. The molecule has 0 aliphatic heterocycles. The maximum Gasteiger partial charge on any atom is 0.130 e. The second-order valence-electron chi connectivity index (χ2n) is 3.59. The number of anilines is 1. The van der Waals surface area contributed by atoms with Gasteiger partial charge in [-0.1, -0.05) is 18.2 Å². The maximum atomic E-state index is 5.74. The summed E-state index contributed by atoms with van der Waals surface area (Å²) < 4.78 is 5.74. The molecule has 0 saturated heterocycles. The van der Waals surface area contributed by atoms with Crippen molar-refractivity contribution in [3.05, 3.63) is 48.0 Å². The zero-order valence-electron chi connectivity index (χ0n) is 8.97. The van der Waals surface area contributed by atoms with Gasteiger partial charge in [-0.3, -0.25) is 0 Å². The van der Waals surface area contributed by atoms with Gasteiger partial charge in [-0.2, -0.15) is 0 Å². The summed E-state index contributed by atoms with van der Waals surface area (Å²) in [6.45, 7) is 2.01. The van der Waals surface area contributed by atoms with Crippen LogP contribution in [0.3, 0.4) is 0 Å². The Labute approximate surface area is 100 Å². The third-order valence-corrected chi connectivity index (χ3v) is 2.71. The molecule has 0 aliphatic rings. The minimum absolute atomic E-state index is 0.653. The highest BCUT2D eigenvalue weighted by atomic mass is 32.1. The van der Waals surface area contributed by atoms with Crippen LogP contribution in [0, 0.1) is 6.92 Å². The normalized spacial score (nSPS) is 10.1. The molecule has 0 heterocycles. The van der Waals surface area contributed by atoms with Crippen molar-refractivity contribution in [1.82, 2.24) is 0 Å². The molecule has 0 atom stereocenters. The Morgan fingerprint density at radius 1 is 1.12 bits per heavy atom. The van der Waals surface area contributed by atoms with Gasteiger partial charge in [0.2, 0.25) is 0 Å². The van der Waals surface area contributed by atoms with Crippen molar-refractivity contribution in [1.29, 1.82) is 0 Å². The minimum atomic E-state index is 0.653. The zero-order valence-corrected chi connectivity index (χ0v) is 9.87. The molecule has 2 aromatic carbocycles. The standard InChI is InChI=1S/C13H13NOS/c1-9-4-2-3-5-12(9)15-10-6-7-11(14)13(16)8-10/h2-8,16H,14H2,1H3. The van der Waals surface area contributed by atoms with Crippen LogP contribution in [0.5, 0.6) is 11.5 Å². The lowest BCUT2D eigenvalue weighted by molar-refractivity contribution is 0.478. The summed E-state index contributed by atoms with van der Waals surface area (Å²) in [6, 6.07) is 13.3. The number of aryl methyl sites for hydroxylation is 1. The van der Waals surface area contributed by atoms with E-state index in [9.17, 15) is 0 Å². The van der Waals surface area contributed by atoms with Gasteiger partial charge in [0.25, 0.3) is 0 Å². The summed E-state index contributed by atoms with van der Waals surface area (Å²) in [7, 11) is 0. The molecule has 0 fully saturated rings. The molecule has 3 heteroatoms. The van der Waals surface area contributed by atoms with Crippen LogP contribution in [-0.2, 0) is 0 Å². The molecule has 82 valence electrons. The van der Waals surface area contributed by atoms with Crippen LogP contribution in [0.1, 0.15) is 5.56 Å². The monoisotopic (exact) mass is 231 g/mol. The molecule has 0 aromatic heterocycles. The summed E-state index contributed by atoms with van der Waals surface area (Å²) in [5, 5.41) is 0. The maximum absolute atomic E-state index is 5.74. The fourth-order valence-corrected chi connectivity index (χ4v) is 1.59. The van der Waals surface area contributed by atoms with Crippen LogP contribution in [0.2, 0.25) is 0 Å². The fourth-order valence-electron chi connectivity index (χ4n) is 1.38. The van der Waals surface area contributed by atoms with E-state index >= 15 is 0 Å². The molecular formula is C13H13NOS. The van der Waals surface area contributed by atoms with Crippen molar-refractivity contribution in [2.45, 2.75) is 11.8 Å². The molecule has 0 aliphatic carbocycles. The third-order valence-electron chi connectivity index (χ3n) is 2.32. The third kappa shape index (κ3) is 2.31. The highest BCUT2D eigenvalue weighted by Gasteiger charge is 2.02.